The standard InChI is InChI=1S/C27H33NO/c1-28(2)20-24-19-22(16-15-21-9-4-3-5-10-21)17-18-27(24,29)26-14-8-12-23-11-6-7-13-25(23)26/h3-14,22,24,29H,15-20H2,1-2H3. The van der Waals surface area contributed by atoms with E-state index in [1.54, 1.807) is 0 Å². The van der Waals surface area contributed by atoms with Gasteiger partial charge in [0.2, 0.25) is 0 Å². The van der Waals surface area contributed by atoms with Gasteiger partial charge in [-0.3, -0.25) is 0 Å². The Morgan fingerprint density at radius 1 is 0.931 bits per heavy atom. The van der Waals surface area contributed by atoms with Crippen LogP contribution < -0.4 is 0 Å². The van der Waals surface area contributed by atoms with E-state index in [-0.39, 0.29) is 5.92 Å². The molecule has 1 saturated carbocycles. The third-order valence-corrected chi connectivity index (χ3v) is 6.75. The molecule has 2 nitrogen and oxygen atoms in total. The van der Waals surface area contributed by atoms with E-state index in [0.717, 1.165) is 37.8 Å². The maximum Gasteiger partial charge on any atom is 0.0942 e. The second-order valence-electron chi connectivity index (χ2n) is 9.07. The van der Waals surface area contributed by atoms with Gasteiger partial charge in [-0.15, -0.1) is 0 Å². The molecule has 0 bridgehead atoms. The molecular weight excluding hydrogens is 354 g/mol. The quantitative estimate of drug-likeness (QED) is 0.592. The van der Waals surface area contributed by atoms with Crippen molar-refractivity contribution >= 4 is 10.8 Å². The molecule has 3 aromatic carbocycles. The van der Waals surface area contributed by atoms with E-state index in [1.165, 1.54) is 22.8 Å². The monoisotopic (exact) mass is 387 g/mol. The van der Waals surface area contributed by atoms with Crippen LogP contribution in [0.3, 0.4) is 0 Å². The number of aryl methyl sites for hydroxylation is 1. The third-order valence-electron chi connectivity index (χ3n) is 6.75. The molecule has 1 fully saturated rings. The maximum absolute atomic E-state index is 12.0. The Labute approximate surface area is 175 Å². The minimum Gasteiger partial charge on any atom is -0.385 e. The molecule has 0 saturated heterocycles. The Bertz CT molecular complexity index is 930. The summed E-state index contributed by atoms with van der Waals surface area (Å²) in [7, 11) is 4.24. The van der Waals surface area contributed by atoms with E-state index >= 15 is 0 Å². The predicted molar refractivity (Wildman–Crippen MR) is 122 cm³/mol. The Balaban J connectivity index is 1.58. The molecule has 3 unspecified atom stereocenters. The minimum absolute atomic E-state index is 0.248. The number of hydrogen-bond donors (Lipinski definition) is 1. The highest BCUT2D eigenvalue weighted by atomic mass is 16.3. The molecule has 0 radical (unpaired) electrons. The second kappa shape index (κ2) is 8.69. The summed E-state index contributed by atoms with van der Waals surface area (Å²) in [5.74, 6) is 0.924. The molecule has 0 spiro atoms. The van der Waals surface area contributed by atoms with Crippen molar-refractivity contribution < 1.29 is 5.11 Å². The molecule has 3 atom stereocenters. The Hall–Kier alpha value is -2.16. The second-order valence-corrected chi connectivity index (χ2v) is 9.07. The van der Waals surface area contributed by atoms with Gasteiger partial charge in [0, 0.05) is 12.5 Å². The summed E-state index contributed by atoms with van der Waals surface area (Å²) in [5.41, 5.74) is 1.78. The van der Waals surface area contributed by atoms with Crippen LogP contribution in [0.25, 0.3) is 10.8 Å². The van der Waals surface area contributed by atoms with Crippen LogP contribution in [0.2, 0.25) is 0 Å². The van der Waals surface area contributed by atoms with E-state index in [9.17, 15) is 5.11 Å². The molecule has 1 N–H and O–H groups in total. The van der Waals surface area contributed by atoms with Gasteiger partial charge in [-0.2, -0.15) is 0 Å². The average Bonchev–Trinajstić information content (AvgIpc) is 2.74. The number of aliphatic hydroxyl groups is 1. The van der Waals surface area contributed by atoms with E-state index < -0.39 is 5.60 Å². The largest absolute Gasteiger partial charge is 0.385 e. The van der Waals surface area contributed by atoms with Gasteiger partial charge in [0.05, 0.1) is 5.60 Å². The fourth-order valence-corrected chi connectivity index (χ4v) is 5.24. The summed E-state index contributed by atoms with van der Waals surface area (Å²) >= 11 is 0. The summed E-state index contributed by atoms with van der Waals surface area (Å²) in [5, 5.41) is 14.4. The zero-order valence-electron chi connectivity index (χ0n) is 17.7. The van der Waals surface area contributed by atoms with E-state index in [2.05, 4.69) is 91.8 Å². The fourth-order valence-electron chi connectivity index (χ4n) is 5.24. The van der Waals surface area contributed by atoms with Crippen LogP contribution in [0.1, 0.15) is 36.8 Å². The van der Waals surface area contributed by atoms with Crippen molar-refractivity contribution in [1.29, 1.82) is 0 Å². The van der Waals surface area contributed by atoms with Gasteiger partial charge in [0.1, 0.15) is 0 Å². The first-order valence-electron chi connectivity index (χ1n) is 11.0. The highest BCUT2D eigenvalue weighted by Crippen LogP contribution is 2.47. The Kier molecular flexibility index (Phi) is 6.03. The third kappa shape index (κ3) is 4.39. The number of hydrogen-bond acceptors (Lipinski definition) is 2. The first-order valence-corrected chi connectivity index (χ1v) is 11.0. The van der Waals surface area contributed by atoms with Crippen LogP contribution in [-0.2, 0) is 12.0 Å². The number of benzene rings is 3. The lowest BCUT2D eigenvalue weighted by molar-refractivity contribution is -0.0749. The van der Waals surface area contributed by atoms with Gasteiger partial charge >= 0.3 is 0 Å². The molecule has 1 aliphatic carbocycles. The highest BCUT2D eigenvalue weighted by molar-refractivity contribution is 5.86. The lowest BCUT2D eigenvalue weighted by atomic mass is 9.66. The molecule has 0 aliphatic heterocycles. The Morgan fingerprint density at radius 3 is 2.45 bits per heavy atom. The number of fused-ring (bicyclic) bond motifs is 1. The van der Waals surface area contributed by atoms with Crippen molar-refractivity contribution in [2.45, 2.75) is 37.7 Å². The molecule has 152 valence electrons. The highest BCUT2D eigenvalue weighted by Gasteiger charge is 2.44. The normalized spacial score (nSPS) is 24.8. The summed E-state index contributed by atoms with van der Waals surface area (Å²) in [4.78, 5) is 2.24. The van der Waals surface area contributed by atoms with Crippen molar-refractivity contribution in [1.82, 2.24) is 4.90 Å². The summed E-state index contributed by atoms with van der Waals surface area (Å²) < 4.78 is 0. The van der Waals surface area contributed by atoms with Gasteiger partial charge in [0.15, 0.2) is 0 Å². The zero-order chi connectivity index (χ0) is 20.3. The van der Waals surface area contributed by atoms with Crippen molar-refractivity contribution in [3.8, 4) is 0 Å². The predicted octanol–water partition coefficient (Wildman–Crippen LogP) is 5.64. The molecule has 29 heavy (non-hydrogen) atoms. The van der Waals surface area contributed by atoms with Gasteiger partial charge in [-0.05, 0) is 74.0 Å². The topological polar surface area (TPSA) is 23.5 Å². The van der Waals surface area contributed by atoms with E-state index in [4.69, 9.17) is 0 Å². The first kappa shape index (κ1) is 20.1. The first-order chi connectivity index (χ1) is 14.1. The van der Waals surface area contributed by atoms with Crippen LogP contribution >= 0.6 is 0 Å². The van der Waals surface area contributed by atoms with Crippen molar-refractivity contribution in [3.05, 3.63) is 83.9 Å². The number of nitrogens with zero attached hydrogens (tertiary/aromatic N) is 1. The van der Waals surface area contributed by atoms with Gasteiger partial charge in [0.25, 0.3) is 0 Å². The van der Waals surface area contributed by atoms with Gasteiger partial charge in [-0.25, -0.2) is 0 Å². The van der Waals surface area contributed by atoms with Crippen LogP contribution in [0.4, 0.5) is 0 Å². The minimum atomic E-state index is -0.756. The smallest absolute Gasteiger partial charge is 0.0942 e. The SMILES string of the molecule is CN(C)CC1CC(CCc2ccccc2)CCC1(O)c1cccc2ccccc12. The molecule has 0 amide bonds. The van der Waals surface area contributed by atoms with E-state index in [1.807, 2.05) is 0 Å². The van der Waals surface area contributed by atoms with Gasteiger partial charge in [-0.1, -0.05) is 72.8 Å². The van der Waals surface area contributed by atoms with Crippen LogP contribution in [0, 0.1) is 11.8 Å². The lowest BCUT2D eigenvalue weighted by Crippen LogP contribution is -2.45. The van der Waals surface area contributed by atoms with Crippen molar-refractivity contribution in [3.63, 3.8) is 0 Å². The fraction of sp³-hybridized carbons (Fsp3) is 0.407. The van der Waals surface area contributed by atoms with Crippen molar-refractivity contribution in [2.75, 3.05) is 20.6 Å². The molecule has 0 aromatic heterocycles. The zero-order valence-corrected chi connectivity index (χ0v) is 17.7. The average molecular weight is 388 g/mol. The summed E-state index contributed by atoms with van der Waals surface area (Å²) in [6, 6.07) is 25.7. The molecule has 2 heteroatoms. The lowest BCUT2D eigenvalue weighted by Gasteiger charge is -2.45. The van der Waals surface area contributed by atoms with Crippen LogP contribution in [-0.4, -0.2) is 30.6 Å². The number of rotatable bonds is 6. The molecule has 0 heterocycles. The van der Waals surface area contributed by atoms with Gasteiger partial charge < -0.3 is 10.0 Å². The van der Waals surface area contributed by atoms with E-state index in [0.29, 0.717) is 5.92 Å². The summed E-state index contributed by atoms with van der Waals surface area (Å²) in [6.07, 6.45) is 5.37. The summed E-state index contributed by atoms with van der Waals surface area (Å²) in [6.45, 7) is 0.918. The molecular formula is C27H33NO. The van der Waals surface area contributed by atoms with Crippen molar-refractivity contribution in [2.24, 2.45) is 11.8 Å². The van der Waals surface area contributed by atoms with Crippen LogP contribution in [0.5, 0.6) is 0 Å². The maximum atomic E-state index is 12.0. The molecule has 4 rings (SSSR count). The molecule has 3 aromatic rings. The molecule has 1 aliphatic rings. The van der Waals surface area contributed by atoms with Crippen LogP contribution in [0.15, 0.2) is 72.8 Å². The Morgan fingerprint density at radius 2 is 1.66 bits per heavy atom.